The number of amides is 2. The van der Waals surface area contributed by atoms with Crippen molar-refractivity contribution in [3.63, 3.8) is 0 Å². The molecule has 1 aliphatic carbocycles. The number of anilines is 1. The lowest BCUT2D eigenvalue weighted by Crippen LogP contribution is -2.45. The van der Waals surface area contributed by atoms with Crippen LogP contribution in [0.2, 0.25) is 10.0 Å². The number of carbonyl (C=O) groups is 2. The molecule has 2 aliphatic rings. The monoisotopic (exact) mass is 501 g/mol. The number of carbonyl (C=O) groups excluding carboxylic acids is 2. The summed E-state index contributed by atoms with van der Waals surface area (Å²) in [4.78, 5) is 25.3. The fourth-order valence-corrected chi connectivity index (χ4v) is 4.90. The van der Waals surface area contributed by atoms with Crippen molar-refractivity contribution >= 4 is 51.7 Å². The zero-order valence-corrected chi connectivity index (χ0v) is 19.9. The summed E-state index contributed by atoms with van der Waals surface area (Å²) in [5.41, 5.74) is 1.49. The number of benzene rings is 2. The zero-order chi connectivity index (χ0) is 23.7. The Bertz CT molecular complexity index is 1220. The van der Waals surface area contributed by atoms with Crippen molar-refractivity contribution in [3.05, 3.63) is 58.3 Å². The molecule has 1 aromatic heterocycles. The number of fused-ring (bicyclic) bond motifs is 2. The summed E-state index contributed by atoms with van der Waals surface area (Å²) in [7, 11) is 0. The normalized spacial score (nSPS) is 21.8. The molecule has 0 radical (unpaired) electrons. The molecule has 0 spiro atoms. The molecule has 1 saturated carbocycles. The Hall–Kier alpha value is -2.90. The maximum Gasteiger partial charge on any atom is 0.287 e. The first-order chi connectivity index (χ1) is 16.4. The maximum absolute atomic E-state index is 12.7. The van der Waals surface area contributed by atoms with Gasteiger partial charge in [0.1, 0.15) is 17.4 Å². The Morgan fingerprint density at radius 3 is 2.59 bits per heavy atom. The van der Waals surface area contributed by atoms with Crippen molar-refractivity contribution in [1.29, 1.82) is 0 Å². The van der Waals surface area contributed by atoms with E-state index in [0.29, 0.717) is 28.7 Å². The lowest BCUT2D eigenvalue weighted by molar-refractivity contribution is -0.126. The highest BCUT2D eigenvalue weighted by Gasteiger charge is 2.29. The molecular formula is C25H25Cl2N3O4. The smallest absolute Gasteiger partial charge is 0.287 e. The minimum Gasteiger partial charge on any atom is -0.485 e. The first-order valence-corrected chi connectivity index (χ1v) is 12.2. The van der Waals surface area contributed by atoms with Gasteiger partial charge in [-0.3, -0.25) is 9.59 Å². The lowest BCUT2D eigenvalue weighted by Gasteiger charge is -2.30. The van der Waals surface area contributed by atoms with Gasteiger partial charge >= 0.3 is 0 Å². The molecule has 3 N–H and O–H groups in total. The Labute approximate surface area is 207 Å². The highest BCUT2D eigenvalue weighted by Crippen LogP contribution is 2.31. The summed E-state index contributed by atoms with van der Waals surface area (Å²) >= 11 is 12.0. The fourth-order valence-electron chi connectivity index (χ4n) is 4.54. The van der Waals surface area contributed by atoms with Crippen LogP contribution >= 0.6 is 23.2 Å². The van der Waals surface area contributed by atoms with Crippen molar-refractivity contribution in [2.75, 3.05) is 18.4 Å². The van der Waals surface area contributed by atoms with Crippen molar-refractivity contribution in [2.24, 2.45) is 5.92 Å². The van der Waals surface area contributed by atoms with Gasteiger partial charge in [-0.15, -0.1) is 0 Å². The van der Waals surface area contributed by atoms with Crippen molar-refractivity contribution in [1.82, 2.24) is 10.6 Å². The van der Waals surface area contributed by atoms with Crippen molar-refractivity contribution in [2.45, 2.75) is 37.8 Å². The summed E-state index contributed by atoms with van der Waals surface area (Å²) < 4.78 is 11.6. The molecule has 178 valence electrons. The second kappa shape index (κ2) is 9.76. The number of furan rings is 1. The van der Waals surface area contributed by atoms with E-state index in [9.17, 15) is 9.59 Å². The summed E-state index contributed by atoms with van der Waals surface area (Å²) in [6, 6.07) is 12.4. The second-order valence-corrected chi connectivity index (χ2v) is 9.69. The largest absolute Gasteiger partial charge is 0.485 e. The minimum absolute atomic E-state index is 0.0163. The SMILES string of the molecule is O=C(N[C@H]1CC[C@H](C(=O)NCC2CNc3cc(Cl)ccc3O2)CC1)c1cc2cc(Cl)ccc2o1. The first kappa shape index (κ1) is 22.9. The van der Waals surface area contributed by atoms with Crippen LogP contribution in [0.4, 0.5) is 5.69 Å². The fraction of sp³-hybridized carbons (Fsp3) is 0.360. The number of halogens is 2. The van der Waals surface area contributed by atoms with Crippen LogP contribution in [0.1, 0.15) is 36.2 Å². The molecule has 1 unspecified atom stereocenters. The van der Waals surface area contributed by atoms with Crippen LogP contribution < -0.4 is 20.7 Å². The van der Waals surface area contributed by atoms with Gasteiger partial charge in [0, 0.05) is 27.4 Å². The third-order valence-corrected chi connectivity index (χ3v) is 6.86. The van der Waals surface area contributed by atoms with E-state index in [1.54, 1.807) is 30.3 Å². The molecule has 2 aromatic carbocycles. The van der Waals surface area contributed by atoms with Gasteiger partial charge < -0.3 is 25.1 Å². The average Bonchev–Trinajstić information content (AvgIpc) is 3.26. The standard InChI is InChI=1S/C25H25Cl2N3O4/c26-16-3-7-21-15(9-16)10-23(34-21)25(32)30-18-5-1-14(2-6-18)24(31)29-13-19-12-28-20-11-17(27)4-8-22(20)33-19/h3-4,7-11,14,18-19,28H,1-2,5-6,12-13H2,(H,29,31)(H,30,32)/t14-,18-,19?. The maximum atomic E-state index is 12.7. The van der Waals surface area contributed by atoms with E-state index in [1.807, 2.05) is 12.1 Å². The van der Waals surface area contributed by atoms with E-state index < -0.39 is 0 Å². The van der Waals surface area contributed by atoms with Crippen LogP contribution in [0, 0.1) is 5.92 Å². The first-order valence-electron chi connectivity index (χ1n) is 11.4. The van der Waals surface area contributed by atoms with Crippen LogP contribution in [0.5, 0.6) is 5.75 Å². The van der Waals surface area contributed by atoms with Crippen LogP contribution in [-0.4, -0.2) is 37.0 Å². The van der Waals surface area contributed by atoms with Gasteiger partial charge in [0.05, 0.1) is 18.8 Å². The van der Waals surface area contributed by atoms with E-state index in [-0.39, 0.29) is 35.6 Å². The summed E-state index contributed by atoms with van der Waals surface area (Å²) in [6.45, 7) is 1.03. The average molecular weight is 502 g/mol. The van der Waals surface area contributed by atoms with Gasteiger partial charge in [0.2, 0.25) is 5.91 Å². The van der Waals surface area contributed by atoms with E-state index >= 15 is 0 Å². The Morgan fingerprint density at radius 1 is 1.00 bits per heavy atom. The van der Waals surface area contributed by atoms with E-state index in [2.05, 4.69) is 16.0 Å². The quantitative estimate of drug-likeness (QED) is 0.456. The molecule has 9 heteroatoms. The van der Waals surface area contributed by atoms with E-state index in [1.165, 1.54) is 0 Å². The van der Waals surface area contributed by atoms with Crippen molar-refractivity contribution < 1.29 is 18.7 Å². The third-order valence-electron chi connectivity index (χ3n) is 6.39. The third kappa shape index (κ3) is 5.10. The number of rotatable bonds is 5. The molecule has 1 fully saturated rings. The summed E-state index contributed by atoms with van der Waals surface area (Å²) in [5.74, 6) is 0.720. The molecule has 0 saturated heterocycles. The van der Waals surface area contributed by atoms with E-state index in [0.717, 1.165) is 42.5 Å². The molecule has 5 rings (SSSR count). The van der Waals surface area contributed by atoms with Crippen LogP contribution in [0.15, 0.2) is 46.9 Å². The molecule has 2 heterocycles. The van der Waals surface area contributed by atoms with Gasteiger partial charge in [0.15, 0.2) is 5.76 Å². The summed E-state index contributed by atoms with van der Waals surface area (Å²) in [6.07, 6.45) is 2.78. The lowest BCUT2D eigenvalue weighted by atomic mass is 9.85. The van der Waals surface area contributed by atoms with Gasteiger partial charge in [0.25, 0.3) is 5.91 Å². The minimum atomic E-state index is -0.247. The number of hydrogen-bond donors (Lipinski definition) is 3. The number of nitrogens with one attached hydrogen (secondary N) is 3. The predicted molar refractivity (Wildman–Crippen MR) is 132 cm³/mol. The van der Waals surface area contributed by atoms with Crippen LogP contribution in [0.25, 0.3) is 11.0 Å². The molecule has 7 nitrogen and oxygen atoms in total. The molecule has 1 atom stereocenters. The topological polar surface area (TPSA) is 92.6 Å². The van der Waals surface area contributed by atoms with Crippen LogP contribution in [-0.2, 0) is 4.79 Å². The molecule has 3 aromatic rings. The highest BCUT2D eigenvalue weighted by molar-refractivity contribution is 6.31. The van der Waals surface area contributed by atoms with E-state index in [4.69, 9.17) is 32.4 Å². The molecule has 2 amide bonds. The molecule has 0 bridgehead atoms. The Balaban J connectivity index is 1.07. The summed E-state index contributed by atoms with van der Waals surface area (Å²) in [5, 5.41) is 11.4. The Morgan fingerprint density at radius 2 is 1.76 bits per heavy atom. The Kier molecular flexibility index (Phi) is 6.57. The van der Waals surface area contributed by atoms with Gasteiger partial charge in [-0.05, 0) is 68.1 Å². The molecule has 34 heavy (non-hydrogen) atoms. The second-order valence-electron chi connectivity index (χ2n) is 8.82. The zero-order valence-electron chi connectivity index (χ0n) is 18.4. The van der Waals surface area contributed by atoms with Gasteiger partial charge in [-0.25, -0.2) is 0 Å². The number of hydrogen-bond acceptors (Lipinski definition) is 5. The van der Waals surface area contributed by atoms with Crippen LogP contribution in [0.3, 0.4) is 0 Å². The highest BCUT2D eigenvalue weighted by atomic mass is 35.5. The molecular weight excluding hydrogens is 477 g/mol. The molecule has 1 aliphatic heterocycles. The van der Waals surface area contributed by atoms with Gasteiger partial charge in [-0.2, -0.15) is 0 Å². The van der Waals surface area contributed by atoms with Gasteiger partial charge in [-0.1, -0.05) is 23.2 Å². The van der Waals surface area contributed by atoms with Crippen molar-refractivity contribution in [3.8, 4) is 5.75 Å². The number of ether oxygens (including phenoxy) is 1. The predicted octanol–water partition coefficient (Wildman–Crippen LogP) is 5.02.